The number of nitrogens with one attached hydrogen (secondary N) is 2. The van der Waals surface area contributed by atoms with Gasteiger partial charge >= 0.3 is 0 Å². The van der Waals surface area contributed by atoms with Gasteiger partial charge in [0.15, 0.2) is 0 Å². The van der Waals surface area contributed by atoms with Gasteiger partial charge in [-0.15, -0.1) is 5.10 Å². The molecule has 0 spiro atoms. The molecule has 32 heavy (non-hydrogen) atoms. The molecule has 2 aromatic heterocycles. The van der Waals surface area contributed by atoms with Crippen LogP contribution in [0.2, 0.25) is 0 Å². The van der Waals surface area contributed by atoms with Gasteiger partial charge in [0.25, 0.3) is 0 Å². The second-order valence-electron chi connectivity index (χ2n) is 8.35. The molecule has 0 unspecified atom stereocenters. The molecule has 4 N–H and O–H groups in total. The first-order valence-electron chi connectivity index (χ1n) is 11.2. The Balaban J connectivity index is 1.26. The molecule has 164 valence electrons. The fourth-order valence-corrected chi connectivity index (χ4v) is 4.61. The SMILES string of the molecule is Nc1cc([C@H](CCN[C@@H]2CC[C@@H](c3ccccc3)OC2)c2ccccc2)c2n[nH]nc2n1. The van der Waals surface area contributed by atoms with Crippen LogP contribution in [0.3, 0.4) is 0 Å². The van der Waals surface area contributed by atoms with Crippen LogP contribution in [0.5, 0.6) is 0 Å². The summed E-state index contributed by atoms with van der Waals surface area (Å²) in [4.78, 5) is 4.30. The normalized spacial score (nSPS) is 19.8. The molecule has 4 aromatic rings. The van der Waals surface area contributed by atoms with Crippen LogP contribution in [0.15, 0.2) is 66.7 Å². The van der Waals surface area contributed by atoms with Gasteiger partial charge in [-0.2, -0.15) is 10.3 Å². The highest BCUT2D eigenvalue weighted by Gasteiger charge is 2.24. The molecule has 0 bridgehead atoms. The number of aromatic amines is 1. The highest BCUT2D eigenvalue weighted by Crippen LogP contribution is 2.33. The third-order valence-electron chi connectivity index (χ3n) is 6.23. The first-order valence-corrected chi connectivity index (χ1v) is 11.2. The zero-order valence-electron chi connectivity index (χ0n) is 17.9. The van der Waals surface area contributed by atoms with Crippen molar-refractivity contribution in [2.24, 2.45) is 0 Å². The molecule has 5 rings (SSSR count). The van der Waals surface area contributed by atoms with E-state index in [1.54, 1.807) is 0 Å². The molecule has 0 saturated carbocycles. The predicted octanol–water partition coefficient (Wildman–Crippen LogP) is 3.97. The lowest BCUT2D eigenvalue weighted by atomic mass is 9.88. The van der Waals surface area contributed by atoms with E-state index in [9.17, 15) is 0 Å². The number of nitrogens with two attached hydrogens (primary N) is 1. The number of anilines is 1. The third-order valence-corrected chi connectivity index (χ3v) is 6.23. The highest BCUT2D eigenvalue weighted by atomic mass is 16.5. The van der Waals surface area contributed by atoms with E-state index in [2.05, 4.69) is 74.2 Å². The summed E-state index contributed by atoms with van der Waals surface area (Å²) < 4.78 is 6.16. The maximum atomic E-state index is 6.16. The van der Waals surface area contributed by atoms with Crippen LogP contribution in [-0.4, -0.2) is 39.6 Å². The summed E-state index contributed by atoms with van der Waals surface area (Å²) in [6.07, 6.45) is 3.25. The summed E-state index contributed by atoms with van der Waals surface area (Å²) in [7, 11) is 0. The number of aromatic nitrogens is 4. The first kappa shape index (κ1) is 20.6. The molecule has 1 fully saturated rings. The Morgan fingerprint density at radius 1 is 1.03 bits per heavy atom. The number of H-pyrrole nitrogens is 1. The average Bonchev–Trinajstić information content (AvgIpc) is 3.31. The molecule has 7 nitrogen and oxygen atoms in total. The van der Waals surface area contributed by atoms with Gasteiger partial charge in [0.05, 0.1) is 12.7 Å². The Kier molecular flexibility index (Phi) is 6.09. The fourth-order valence-electron chi connectivity index (χ4n) is 4.61. The lowest BCUT2D eigenvalue weighted by molar-refractivity contribution is -0.00398. The Hall–Kier alpha value is -3.29. The molecule has 1 aliphatic heterocycles. The molecular formula is C25H28N6O. The number of hydrogen-bond donors (Lipinski definition) is 3. The predicted molar refractivity (Wildman–Crippen MR) is 125 cm³/mol. The van der Waals surface area contributed by atoms with Crippen LogP contribution in [-0.2, 0) is 4.74 Å². The maximum absolute atomic E-state index is 6.16. The maximum Gasteiger partial charge on any atom is 0.203 e. The summed E-state index contributed by atoms with van der Waals surface area (Å²) in [5.41, 5.74) is 11.0. The second-order valence-corrected chi connectivity index (χ2v) is 8.35. The van der Waals surface area contributed by atoms with Crippen molar-refractivity contribution in [2.75, 3.05) is 18.9 Å². The Morgan fingerprint density at radius 2 is 1.81 bits per heavy atom. The van der Waals surface area contributed by atoms with Gasteiger partial charge in [-0.1, -0.05) is 60.7 Å². The quantitative estimate of drug-likeness (QED) is 0.412. The summed E-state index contributed by atoms with van der Waals surface area (Å²) in [5, 5.41) is 14.9. The number of nitrogen functional groups attached to an aromatic ring is 1. The molecule has 3 heterocycles. The van der Waals surface area contributed by atoms with E-state index in [4.69, 9.17) is 10.5 Å². The largest absolute Gasteiger partial charge is 0.384 e. The van der Waals surface area contributed by atoms with Crippen molar-refractivity contribution in [1.82, 2.24) is 25.7 Å². The van der Waals surface area contributed by atoms with Crippen molar-refractivity contribution in [3.8, 4) is 0 Å². The zero-order valence-corrected chi connectivity index (χ0v) is 17.9. The van der Waals surface area contributed by atoms with Crippen LogP contribution in [0.25, 0.3) is 11.2 Å². The average molecular weight is 429 g/mol. The first-order chi connectivity index (χ1) is 15.8. The second kappa shape index (κ2) is 9.46. The van der Waals surface area contributed by atoms with E-state index < -0.39 is 0 Å². The molecule has 0 amide bonds. The van der Waals surface area contributed by atoms with Crippen LogP contribution in [0, 0.1) is 0 Å². The number of hydrogen-bond acceptors (Lipinski definition) is 6. The lowest BCUT2D eigenvalue weighted by Crippen LogP contribution is -2.38. The van der Waals surface area contributed by atoms with Crippen LogP contribution < -0.4 is 11.1 Å². The lowest BCUT2D eigenvalue weighted by Gasteiger charge is -2.30. The highest BCUT2D eigenvalue weighted by molar-refractivity contribution is 5.77. The third kappa shape index (κ3) is 4.49. The van der Waals surface area contributed by atoms with Crippen molar-refractivity contribution in [3.63, 3.8) is 0 Å². The minimum absolute atomic E-state index is 0.142. The monoisotopic (exact) mass is 428 g/mol. The van der Waals surface area contributed by atoms with E-state index in [-0.39, 0.29) is 12.0 Å². The number of nitrogens with zero attached hydrogens (tertiary/aromatic N) is 3. The topological polar surface area (TPSA) is 102 Å². The van der Waals surface area contributed by atoms with E-state index >= 15 is 0 Å². The van der Waals surface area contributed by atoms with Crippen molar-refractivity contribution >= 4 is 17.0 Å². The van der Waals surface area contributed by atoms with Crippen molar-refractivity contribution in [2.45, 2.75) is 37.3 Å². The van der Waals surface area contributed by atoms with Gasteiger partial charge in [0.2, 0.25) is 5.65 Å². The number of fused-ring (bicyclic) bond motifs is 1. The molecule has 3 atom stereocenters. The summed E-state index contributed by atoms with van der Waals surface area (Å²) in [6, 6.07) is 23.3. The molecule has 2 aromatic carbocycles. The number of rotatable bonds is 7. The van der Waals surface area contributed by atoms with E-state index in [0.29, 0.717) is 17.5 Å². The van der Waals surface area contributed by atoms with Crippen molar-refractivity contribution in [1.29, 1.82) is 0 Å². The van der Waals surface area contributed by atoms with Crippen LogP contribution in [0.1, 0.15) is 48.0 Å². The molecule has 7 heteroatoms. The Labute approximate surface area is 187 Å². The van der Waals surface area contributed by atoms with Gasteiger partial charge in [-0.25, -0.2) is 4.98 Å². The standard InChI is InChI=1S/C25H28N6O/c26-23-15-21(24-25(28-23)30-31-29-24)20(17-7-3-1-4-8-17)13-14-27-19-11-12-22(32-16-19)18-9-5-2-6-10-18/h1-10,15,19-20,22,27H,11-14,16H2,(H3,26,28,29,30,31)/t19-,20-,22+/m1/s1. The minimum Gasteiger partial charge on any atom is -0.384 e. The molecular weight excluding hydrogens is 400 g/mol. The molecule has 0 aliphatic carbocycles. The Bertz CT molecular complexity index is 1140. The van der Waals surface area contributed by atoms with Gasteiger partial charge in [-0.05, 0) is 48.6 Å². The molecule has 1 aliphatic rings. The number of pyridine rings is 1. The van der Waals surface area contributed by atoms with Gasteiger partial charge in [0.1, 0.15) is 11.3 Å². The smallest absolute Gasteiger partial charge is 0.203 e. The number of ether oxygens (including phenoxy) is 1. The number of benzene rings is 2. The van der Waals surface area contributed by atoms with Crippen LogP contribution in [0.4, 0.5) is 5.82 Å². The van der Waals surface area contributed by atoms with Gasteiger partial charge in [-0.3, -0.25) is 0 Å². The van der Waals surface area contributed by atoms with Crippen molar-refractivity contribution < 1.29 is 4.74 Å². The minimum atomic E-state index is 0.142. The van der Waals surface area contributed by atoms with Gasteiger partial charge in [0, 0.05) is 12.0 Å². The van der Waals surface area contributed by atoms with Gasteiger partial charge < -0.3 is 15.8 Å². The van der Waals surface area contributed by atoms with Crippen molar-refractivity contribution in [3.05, 3.63) is 83.4 Å². The molecule has 0 radical (unpaired) electrons. The van der Waals surface area contributed by atoms with E-state index in [0.717, 1.165) is 43.5 Å². The summed E-state index contributed by atoms with van der Waals surface area (Å²) in [5.74, 6) is 0.603. The van der Waals surface area contributed by atoms with E-state index in [1.807, 2.05) is 18.2 Å². The Morgan fingerprint density at radius 3 is 2.56 bits per heavy atom. The fraction of sp³-hybridized carbons (Fsp3) is 0.320. The van der Waals surface area contributed by atoms with E-state index in [1.165, 1.54) is 11.1 Å². The zero-order chi connectivity index (χ0) is 21.8. The summed E-state index contributed by atoms with van der Waals surface area (Å²) >= 11 is 0. The molecule has 1 saturated heterocycles. The summed E-state index contributed by atoms with van der Waals surface area (Å²) in [6.45, 7) is 1.59. The van der Waals surface area contributed by atoms with Crippen LogP contribution >= 0.6 is 0 Å².